The maximum absolute atomic E-state index is 5.66. The standard InChI is InChI=1S/C17H24N2S2/c1-14(18)6-7-15(2)20-12-4-3-5-13-21-17-10-8-16(19)9-11-17/h6-11H,1-5,12-13,18-19H2/b7-6-. The van der Waals surface area contributed by atoms with Crippen LogP contribution in [-0.4, -0.2) is 11.5 Å². The highest BCUT2D eigenvalue weighted by Crippen LogP contribution is 2.22. The highest BCUT2D eigenvalue weighted by molar-refractivity contribution is 8.03. The molecule has 0 saturated carbocycles. The van der Waals surface area contributed by atoms with Crippen LogP contribution < -0.4 is 11.5 Å². The zero-order valence-corrected chi connectivity index (χ0v) is 14.0. The molecule has 21 heavy (non-hydrogen) atoms. The highest BCUT2D eigenvalue weighted by Gasteiger charge is 1.96. The van der Waals surface area contributed by atoms with Crippen LogP contribution in [0.15, 0.2) is 65.1 Å². The first kappa shape index (κ1) is 17.8. The van der Waals surface area contributed by atoms with E-state index in [1.165, 1.54) is 24.2 Å². The summed E-state index contributed by atoms with van der Waals surface area (Å²) in [6.07, 6.45) is 7.40. The van der Waals surface area contributed by atoms with Crippen molar-refractivity contribution >= 4 is 29.2 Å². The lowest BCUT2D eigenvalue weighted by Crippen LogP contribution is -1.88. The van der Waals surface area contributed by atoms with Crippen molar-refractivity contribution in [2.24, 2.45) is 5.73 Å². The molecule has 0 aliphatic carbocycles. The van der Waals surface area contributed by atoms with E-state index < -0.39 is 0 Å². The number of thioether (sulfide) groups is 2. The number of nitrogens with two attached hydrogens (primary N) is 2. The molecule has 4 N–H and O–H groups in total. The van der Waals surface area contributed by atoms with Crippen molar-refractivity contribution in [1.29, 1.82) is 0 Å². The molecular weight excluding hydrogens is 296 g/mol. The van der Waals surface area contributed by atoms with Gasteiger partial charge in [-0.05, 0) is 60.8 Å². The van der Waals surface area contributed by atoms with Crippen LogP contribution in [0, 0.1) is 0 Å². The number of rotatable bonds is 10. The monoisotopic (exact) mass is 320 g/mol. The van der Waals surface area contributed by atoms with Crippen molar-refractivity contribution in [3.63, 3.8) is 0 Å². The van der Waals surface area contributed by atoms with Crippen molar-refractivity contribution in [2.75, 3.05) is 17.2 Å². The number of anilines is 1. The van der Waals surface area contributed by atoms with Gasteiger partial charge in [0.15, 0.2) is 0 Å². The Labute approximate surface area is 136 Å². The zero-order valence-electron chi connectivity index (χ0n) is 12.4. The zero-order chi connectivity index (χ0) is 15.5. The molecule has 0 radical (unpaired) electrons. The largest absolute Gasteiger partial charge is 0.399 e. The Morgan fingerprint density at radius 1 is 1.00 bits per heavy atom. The minimum Gasteiger partial charge on any atom is -0.399 e. The average molecular weight is 321 g/mol. The van der Waals surface area contributed by atoms with E-state index in [1.54, 1.807) is 17.8 Å². The van der Waals surface area contributed by atoms with Crippen LogP contribution in [-0.2, 0) is 0 Å². The van der Waals surface area contributed by atoms with Gasteiger partial charge in [-0.3, -0.25) is 0 Å². The molecule has 0 fully saturated rings. The van der Waals surface area contributed by atoms with E-state index in [-0.39, 0.29) is 0 Å². The van der Waals surface area contributed by atoms with Gasteiger partial charge >= 0.3 is 0 Å². The lowest BCUT2D eigenvalue weighted by atomic mass is 10.3. The first-order chi connectivity index (χ1) is 10.1. The molecule has 0 amide bonds. The van der Waals surface area contributed by atoms with Crippen molar-refractivity contribution < 1.29 is 0 Å². The Morgan fingerprint density at radius 3 is 2.33 bits per heavy atom. The summed E-state index contributed by atoms with van der Waals surface area (Å²) >= 11 is 3.67. The van der Waals surface area contributed by atoms with Crippen LogP contribution in [0.25, 0.3) is 0 Å². The Balaban J connectivity index is 2.01. The van der Waals surface area contributed by atoms with Crippen molar-refractivity contribution in [2.45, 2.75) is 24.2 Å². The van der Waals surface area contributed by atoms with Crippen LogP contribution in [0.3, 0.4) is 0 Å². The minimum atomic E-state index is 0.566. The first-order valence-electron chi connectivity index (χ1n) is 7.00. The van der Waals surface area contributed by atoms with Gasteiger partial charge in [0.1, 0.15) is 0 Å². The predicted molar refractivity (Wildman–Crippen MR) is 99.5 cm³/mol. The molecule has 0 aromatic heterocycles. The molecule has 114 valence electrons. The average Bonchev–Trinajstić information content (AvgIpc) is 2.46. The van der Waals surface area contributed by atoms with E-state index in [9.17, 15) is 0 Å². The van der Waals surface area contributed by atoms with Gasteiger partial charge in [-0.2, -0.15) is 0 Å². The van der Waals surface area contributed by atoms with Crippen molar-refractivity contribution in [3.8, 4) is 0 Å². The lowest BCUT2D eigenvalue weighted by Gasteiger charge is -2.03. The van der Waals surface area contributed by atoms with E-state index in [4.69, 9.17) is 11.5 Å². The van der Waals surface area contributed by atoms with Gasteiger partial charge in [-0.15, -0.1) is 23.5 Å². The second-order valence-electron chi connectivity index (χ2n) is 4.70. The highest BCUT2D eigenvalue weighted by atomic mass is 32.2. The molecule has 0 atom stereocenters. The number of unbranched alkanes of at least 4 members (excludes halogenated alkanes) is 2. The SMILES string of the molecule is C=C(N)/C=C\C(=C)SCCCCCSc1ccc(N)cc1. The summed E-state index contributed by atoms with van der Waals surface area (Å²) in [5, 5.41) is 0. The van der Waals surface area contributed by atoms with Gasteiger partial charge in [0.05, 0.1) is 0 Å². The van der Waals surface area contributed by atoms with Gasteiger partial charge < -0.3 is 11.5 Å². The van der Waals surface area contributed by atoms with Crippen molar-refractivity contribution in [3.05, 3.63) is 60.2 Å². The van der Waals surface area contributed by atoms with Gasteiger partial charge in [0, 0.05) is 21.2 Å². The lowest BCUT2D eigenvalue weighted by molar-refractivity contribution is 0.786. The number of benzene rings is 1. The molecule has 0 spiro atoms. The smallest absolute Gasteiger partial charge is 0.0314 e. The third-order valence-electron chi connectivity index (χ3n) is 2.71. The fourth-order valence-electron chi connectivity index (χ4n) is 1.59. The summed E-state index contributed by atoms with van der Waals surface area (Å²) in [5.74, 6) is 2.26. The summed E-state index contributed by atoms with van der Waals surface area (Å²) in [4.78, 5) is 2.33. The number of hydrogen-bond acceptors (Lipinski definition) is 4. The number of nitrogen functional groups attached to an aromatic ring is 1. The second-order valence-corrected chi connectivity index (χ2v) is 7.09. The van der Waals surface area contributed by atoms with Gasteiger partial charge in [0.2, 0.25) is 0 Å². The molecule has 0 saturated heterocycles. The molecule has 0 heterocycles. The quantitative estimate of drug-likeness (QED) is 0.281. The van der Waals surface area contributed by atoms with E-state index >= 15 is 0 Å². The molecule has 1 aromatic carbocycles. The molecule has 0 aliphatic heterocycles. The Morgan fingerprint density at radius 2 is 1.67 bits per heavy atom. The third-order valence-corrected chi connectivity index (χ3v) is 4.81. The van der Waals surface area contributed by atoms with E-state index in [0.29, 0.717) is 5.70 Å². The first-order valence-corrected chi connectivity index (χ1v) is 8.97. The van der Waals surface area contributed by atoms with Crippen LogP contribution in [0.5, 0.6) is 0 Å². The van der Waals surface area contributed by atoms with Gasteiger partial charge in [0.25, 0.3) is 0 Å². The summed E-state index contributed by atoms with van der Waals surface area (Å²) in [6.45, 7) is 7.59. The van der Waals surface area contributed by atoms with Crippen LogP contribution in [0.1, 0.15) is 19.3 Å². The summed E-state index contributed by atoms with van der Waals surface area (Å²) < 4.78 is 0. The summed E-state index contributed by atoms with van der Waals surface area (Å²) in [6, 6.07) is 8.07. The van der Waals surface area contributed by atoms with Crippen molar-refractivity contribution in [1.82, 2.24) is 0 Å². The Bertz CT molecular complexity index is 478. The normalized spacial score (nSPS) is 10.9. The molecule has 1 rings (SSSR count). The fourth-order valence-corrected chi connectivity index (χ4v) is 3.27. The third kappa shape index (κ3) is 9.32. The second kappa shape index (κ2) is 10.5. The maximum atomic E-state index is 5.66. The minimum absolute atomic E-state index is 0.566. The maximum Gasteiger partial charge on any atom is 0.0314 e. The molecule has 0 unspecified atom stereocenters. The number of hydrogen-bond donors (Lipinski definition) is 2. The summed E-state index contributed by atoms with van der Waals surface area (Å²) in [5.41, 5.74) is 12.5. The number of allylic oxidation sites excluding steroid dienone is 2. The van der Waals surface area contributed by atoms with Gasteiger partial charge in [-0.1, -0.05) is 19.6 Å². The van der Waals surface area contributed by atoms with E-state index in [1.807, 2.05) is 30.0 Å². The molecular formula is C17H24N2S2. The molecule has 2 nitrogen and oxygen atoms in total. The molecule has 4 heteroatoms. The molecule has 0 aliphatic rings. The predicted octanol–water partition coefficient (Wildman–Crippen LogP) is 4.81. The Kier molecular flexibility index (Phi) is 8.87. The Hall–Kier alpha value is -1.26. The topological polar surface area (TPSA) is 52.0 Å². The molecule has 0 bridgehead atoms. The van der Waals surface area contributed by atoms with E-state index in [2.05, 4.69) is 25.3 Å². The van der Waals surface area contributed by atoms with Crippen LogP contribution in [0.4, 0.5) is 5.69 Å². The fraction of sp³-hybridized carbons (Fsp3) is 0.294. The molecule has 1 aromatic rings. The van der Waals surface area contributed by atoms with Gasteiger partial charge in [-0.25, -0.2) is 0 Å². The van der Waals surface area contributed by atoms with E-state index in [0.717, 1.165) is 22.1 Å². The van der Waals surface area contributed by atoms with Crippen LogP contribution >= 0.6 is 23.5 Å². The van der Waals surface area contributed by atoms with Crippen LogP contribution in [0.2, 0.25) is 0 Å². The summed E-state index contributed by atoms with van der Waals surface area (Å²) in [7, 11) is 0.